The number of methoxy groups -OCH3 is 1. The standard InChI is InChI=1S/C23H26N4O5/c1-14(2)12-31-23(29)19(11-27-9-8-24-13-27)25-22(28)20-18-6-4-15-10-16(30-3)5-7-17(15)21(18)32-26-20/h5,7-10,13-14,19H,4,6,11-12H2,1-3H3,(H,25,28)/t19-/m0/s1. The van der Waals surface area contributed by atoms with Crippen molar-refractivity contribution in [1.82, 2.24) is 20.0 Å². The van der Waals surface area contributed by atoms with Crippen molar-refractivity contribution in [3.8, 4) is 17.1 Å². The number of ether oxygens (including phenoxy) is 2. The molecule has 1 atom stereocenters. The van der Waals surface area contributed by atoms with Crippen molar-refractivity contribution in [3.05, 3.63) is 53.7 Å². The number of imidazole rings is 1. The minimum absolute atomic E-state index is 0.185. The zero-order valence-corrected chi connectivity index (χ0v) is 18.3. The van der Waals surface area contributed by atoms with Gasteiger partial charge in [0.1, 0.15) is 11.8 Å². The van der Waals surface area contributed by atoms with Crippen molar-refractivity contribution in [2.24, 2.45) is 5.92 Å². The molecule has 2 heterocycles. The Labute approximate surface area is 185 Å². The first kappa shape index (κ1) is 21.6. The highest BCUT2D eigenvalue weighted by Crippen LogP contribution is 2.37. The first-order valence-corrected chi connectivity index (χ1v) is 10.5. The third-order valence-electron chi connectivity index (χ3n) is 5.31. The van der Waals surface area contributed by atoms with Crippen LogP contribution in [0.4, 0.5) is 0 Å². The molecular formula is C23H26N4O5. The maximum atomic E-state index is 13.1. The normalized spacial score (nSPS) is 13.2. The smallest absolute Gasteiger partial charge is 0.330 e. The van der Waals surface area contributed by atoms with Gasteiger partial charge in [0.25, 0.3) is 5.91 Å². The highest BCUT2D eigenvalue weighted by Gasteiger charge is 2.31. The van der Waals surface area contributed by atoms with E-state index in [1.807, 2.05) is 32.0 Å². The summed E-state index contributed by atoms with van der Waals surface area (Å²) in [5, 5.41) is 6.80. The molecule has 2 aromatic heterocycles. The number of benzene rings is 1. The average Bonchev–Trinajstić information content (AvgIpc) is 3.46. The molecule has 0 saturated heterocycles. The quantitative estimate of drug-likeness (QED) is 0.539. The number of aromatic nitrogens is 3. The highest BCUT2D eigenvalue weighted by molar-refractivity contribution is 5.97. The summed E-state index contributed by atoms with van der Waals surface area (Å²) in [6, 6.07) is 4.83. The van der Waals surface area contributed by atoms with Crippen LogP contribution < -0.4 is 10.1 Å². The molecule has 1 aliphatic rings. The van der Waals surface area contributed by atoms with Crippen LogP contribution in [0, 0.1) is 5.92 Å². The molecule has 168 valence electrons. The largest absolute Gasteiger partial charge is 0.497 e. The number of nitrogens with zero attached hydrogens (tertiary/aromatic N) is 3. The molecule has 0 bridgehead atoms. The summed E-state index contributed by atoms with van der Waals surface area (Å²) in [6.07, 6.45) is 6.25. The van der Waals surface area contributed by atoms with Crippen LogP contribution in [0.5, 0.6) is 5.75 Å². The summed E-state index contributed by atoms with van der Waals surface area (Å²) < 4.78 is 17.9. The first-order chi connectivity index (χ1) is 15.5. The fourth-order valence-electron chi connectivity index (χ4n) is 3.68. The summed E-state index contributed by atoms with van der Waals surface area (Å²) in [5.74, 6) is 0.554. The van der Waals surface area contributed by atoms with Crippen LogP contribution in [0.1, 0.15) is 35.5 Å². The lowest BCUT2D eigenvalue weighted by Gasteiger charge is -2.19. The molecule has 1 amide bonds. The van der Waals surface area contributed by atoms with Gasteiger partial charge in [-0.1, -0.05) is 19.0 Å². The van der Waals surface area contributed by atoms with Crippen LogP contribution >= 0.6 is 0 Å². The Kier molecular flexibility index (Phi) is 6.25. The van der Waals surface area contributed by atoms with Crippen molar-refractivity contribution in [2.75, 3.05) is 13.7 Å². The van der Waals surface area contributed by atoms with E-state index < -0.39 is 17.9 Å². The van der Waals surface area contributed by atoms with Gasteiger partial charge in [-0.25, -0.2) is 9.78 Å². The van der Waals surface area contributed by atoms with Gasteiger partial charge in [-0.05, 0) is 42.5 Å². The zero-order chi connectivity index (χ0) is 22.7. The van der Waals surface area contributed by atoms with Crippen LogP contribution in [-0.2, 0) is 28.9 Å². The molecule has 3 aromatic rings. The van der Waals surface area contributed by atoms with Crippen LogP contribution in [-0.4, -0.2) is 46.3 Å². The SMILES string of the molecule is COc1ccc2c(c1)CCc1c(C(=O)N[C@@H](Cn3ccnc3)C(=O)OCC(C)C)noc1-2. The Bertz CT molecular complexity index is 1100. The molecule has 0 saturated carbocycles. The molecule has 32 heavy (non-hydrogen) atoms. The Hall–Kier alpha value is -3.62. The van der Waals surface area contributed by atoms with Gasteiger partial charge in [0.05, 0.1) is 26.6 Å². The predicted octanol–water partition coefficient (Wildman–Crippen LogP) is 2.64. The fourth-order valence-corrected chi connectivity index (χ4v) is 3.68. The van der Waals surface area contributed by atoms with E-state index in [0.717, 1.165) is 28.9 Å². The molecule has 1 aromatic carbocycles. The number of rotatable bonds is 8. The molecule has 4 rings (SSSR count). The number of hydrogen-bond donors (Lipinski definition) is 1. The van der Waals surface area contributed by atoms with E-state index in [0.29, 0.717) is 12.2 Å². The van der Waals surface area contributed by atoms with Crippen molar-refractivity contribution >= 4 is 11.9 Å². The van der Waals surface area contributed by atoms with E-state index >= 15 is 0 Å². The molecule has 0 unspecified atom stereocenters. The van der Waals surface area contributed by atoms with Crippen LogP contribution in [0.2, 0.25) is 0 Å². The molecule has 0 aliphatic heterocycles. The topological polar surface area (TPSA) is 108 Å². The second-order valence-electron chi connectivity index (χ2n) is 8.17. The van der Waals surface area contributed by atoms with Crippen molar-refractivity contribution in [2.45, 2.75) is 39.3 Å². The molecule has 9 nitrogen and oxygen atoms in total. The predicted molar refractivity (Wildman–Crippen MR) is 115 cm³/mol. The van der Waals surface area contributed by atoms with Gasteiger partial charge in [0.15, 0.2) is 11.5 Å². The van der Waals surface area contributed by atoms with Gasteiger partial charge in [-0.3, -0.25) is 4.79 Å². The van der Waals surface area contributed by atoms with E-state index in [1.54, 1.807) is 30.4 Å². The van der Waals surface area contributed by atoms with Crippen molar-refractivity contribution in [1.29, 1.82) is 0 Å². The van der Waals surface area contributed by atoms with Crippen LogP contribution in [0.25, 0.3) is 11.3 Å². The number of aryl methyl sites for hydroxylation is 1. The molecule has 9 heteroatoms. The number of carbonyl (C=O) groups excluding carboxylic acids is 2. The molecule has 0 spiro atoms. The lowest BCUT2D eigenvalue weighted by molar-refractivity contribution is -0.147. The number of esters is 1. The molecular weight excluding hydrogens is 412 g/mol. The monoisotopic (exact) mass is 438 g/mol. The highest BCUT2D eigenvalue weighted by atomic mass is 16.5. The Balaban J connectivity index is 1.55. The van der Waals surface area contributed by atoms with Crippen LogP contribution in [0.15, 0.2) is 41.4 Å². The van der Waals surface area contributed by atoms with E-state index in [1.165, 1.54) is 0 Å². The number of hydrogen-bond acceptors (Lipinski definition) is 7. The van der Waals surface area contributed by atoms with Crippen molar-refractivity contribution in [3.63, 3.8) is 0 Å². The third-order valence-corrected chi connectivity index (χ3v) is 5.31. The number of amides is 1. The maximum Gasteiger partial charge on any atom is 0.330 e. The maximum absolute atomic E-state index is 13.1. The molecule has 1 N–H and O–H groups in total. The third kappa shape index (κ3) is 4.51. The fraction of sp³-hybridized carbons (Fsp3) is 0.391. The summed E-state index contributed by atoms with van der Waals surface area (Å²) in [6.45, 7) is 4.37. The van der Waals surface area contributed by atoms with E-state index in [2.05, 4.69) is 15.5 Å². The summed E-state index contributed by atoms with van der Waals surface area (Å²) in [5.41, 5.74) is 2.89. The molecule has 1 aliphatic carbocycles. The second kappa shape index (κ2) is 9.25. The number of nitrogens with one attached hydrogen (secondary N) is 1. The van der Waals surface area contributed by atoms with Crippen LogP contribution in [0.3, 0.4) is 0 Å². The van der Waals surface area contributed by atoms with Gasteiger partial charge < -0.3 is 23.9 Å². The van der Waals surface area contributed by atoms with Gasteiger partial charge >= 0.3 is 5.97 Å². The zero-order valence-electron chi connectivity index (χ0n) is 18.3. The van der Waals surface area contributed by atoms with E-state index in [9.17, 15) is 9.59 Å². The Morgan fingerprint density at radius 1 is 1.28 bits per heavy atom. The summed E-state index contributed by atoms with van der Waals surface area (Å²) >= 11 is 0. The minimum atomic E-state index is -0.886. The molecule has 0 fully saturated rings. The minimum Gasteiger partial charge on any atom is -0.497 e. The Morgan fingerprint density at radius 3 is 2.84 bits per heavy atom. The Morgan fingerprint density at radius 2 is 2.12 bits per heavy atom. The van der Waals surface area contributed by atoms with Gasteiger partial charge in [-0.2, -0.15) is 0 Å². The summed E-state index contributed by atoms with van der Waals surface area (Å²) in [7, 11) is 1.62. The number of fused-ring (bicyclic) bond motifs is 3. The van der Waals surface area contributed by atoms with Gasteiger partial charge in [0, 0.05) is 23.5 Å². The lowest BCUT2D eigenvalue weighted by Crippen LogP contribution is -2.45. The second-order valence-corrected chi connectivity index (χ2v) is 8.17. The lowest BCUT2D eigenvalue weighted by atomic mass is 9.89. The number of carbonyl (C=O) groups is 2. The van der Waals surface area contributed by atoms with Crippen molar-refractivity contribution < 1.29 is 23.6 Å². The molecule has 0 radical (unpaired) electrons. The van der Waals surface area contributed by atoms with E-state index in [-0.39, 0.29) is 24.8 Å². The average molecular weight is 438 g/mol. The van der Waals surface area contributed by atoms with E-state index in [4.69, 9.17) is 14.0 Å². The van der Waals surface area contributed by atoms with Gasteiger partial charge in [-0.15, -0.1) is 0 Å². The van der Waals surface area contributed by atoms with Gasteiger partial charge in [0.2, 0.25) is 0 Å². The summed E-state index contributed by atoms with van der Waals surface area (Å²) in [4.78, 5) is 29.7. The first-order valence-electron chi connectivity index (χ1n) is 10.5.